The first-order valence-corrected chi connectivity index (χ1v) is 14.2. The number of esters is 1. The maximum absolute atomic E-state index is 13.0. The van der Waals surface area contributed by atoms with Crippen LogP contribution in [0.25, 0.3) is 18.2 Å². The Morgan fingerprint density at radius 2 is 1.85 bits per heavy atom. The van der Waals surface area contributed by atoms with Crippen LogP contribution in [0.3, 0.4) is 0 Å². The number of carbonyl (C=O) groups is 3. The Balaban J connectivity index is 1.74. The number of carbonyl (C=O) groups excluding carboxylic acids is 3. The normalized spacial score (nSPS) is 19.8. The van der Waals surface area contributed by atoms with E-state index >= 15 is 0 Å². The second-order valence-corrected chi connectivity index (χ2v) is 10.7. The van der Waals surface area contributed by atoms with Crippen LogP contribution in [0.2, 0.25) is 0 Å². The highest BCUT2D eigenvalue weighted by Gasteiger charge is 2.27. The highest BCUT2D eigenvalue weighted by Crippen LogP contribution is 2.31. The quantitative estimate of drug-likeness (QED) is 0.473. The van der Waals surface area contributed by atoms with Gasteiger partial charge in [-0.05, 0) is 92.5 Å². The Morgan fingerprint density at radius 3 is 2.59 bits per heavy atom. The van der Waals surface area contributed by atoms with Gasteiger partial charge in [0.25, 0.3) is 11.8 Å². The minimum Gasteiger partial charge on any atom is -0.469 e. The van der Waals surface area contributed by atoms with Gasteiger partial charge in [0.05, 0.1) is 18.5 Å². The molecule has 5 rings (SSSR count). The van der Waals surface area contributed by atoms with Gasteiger partial charge in [0, 0.05) is 45.2 Å². The molecular formula is C33H36N4O4. The molecule has 0 fully saturated rings. The van der Waals surface area contributed by atoms with E-state index in [-0.39, 0.29) is 24.2 Å². The van der Waals surface area contributed by atoms with Crippen LogP contribution in [0.4, 0.5) is 0 Å². The summed E-state index contributed by atoms with van der Waals surface area (Å²) in [6.07, 6.45) is 11.9. The van der Waals surface area contributed by atoms with Gasteiger partial charge in [-0.2, -0.15) is 0 Å². The molecule has 0 radical (unpaired) electrons. The summed E-state index contributed by atoms with van der Waals surface area (Å²) < 4.78 is 4.91. The van der Waals surface area contributed by atoms with E-state index in [9.17, 15) is 14.4 Å². The number of hydrogen-bond acceptors (Lipinski definition) is 4. The summed E-state index contributed by atoms with van der Waals surface area (Å²) in [5.41, 5.74) is 9.22. The zero-order chi connectivity index (χ0) is 29.3. The van der Waals surface area contributed by atoms with E-state index in [0.717, 1.165) is 62.8 Å². The number of aromatic amines is 2. The van der Waals surface area contributed by atoms with Crippen molar-refractivity contribution in [3.8, 4) is 0 Å². The number of aromatic nitrogens is 2. The van der Waals surface area contributed by atoms with Crippen LogP contribution in [-0.4, -0.2) is 40.6 Å². The van der Waals surface area contributed by atoms with Crippen LogP contribution in [-0.2, 0) is 32.0 Å². The molecule has 3 aliphatic heterocycles. The number of rotatable bonds is 6. The van der Waals surface area contributed by atoms with Crippen molar-refractivity contribution in [2.24, 2.45) is 4.99 Å². The lowest BCUT2D eigenvalue weighted by atomic mass is 9.97. The van der Waals surface area contributed by atoms with Crippen molar-refractivity contribution in [3.63, 3.8) is 0 Å². The summed E-state index contributed by atoms with van der Waals surface area (Å²) >= 11 is 0. The number of fused-ring (bicyclic) bond motifs is 6. The van der Waals surface area contributed by atoms with Gasteiger partial charge < -0.3 is 20.0 Å². The third kappa shape index (κ3) is 5.46. The molecular weight excluding hydrogens is 516 g/mol. The molecule has 0 aliphatic carbocycles. The van der Waals surface area contributed by atoms with Gasteiger partial charge in [-0.1, -0.05) is 26.0 Å². The number of nitrogens with zero attached hydrogens (tertiary/aromatic N) is 1. The fourth-order valence-corrected chi connectivity index (χ4v) is 5.85. The molecule has 0 saturated heterocycles. The fraction of sp³-hybridized carbons (Fsp3) is 0.333. The summed E-state index contributed by atoms with van der Waals surface area (Å²) in [6, 6.07) is 2.12. The summed E-state index contributed by atoms with van der Waals surface area (Å²) in [6.45, 7) is 10.1. The smallest absolute Gasteiger partial charge is 0.305 e. The van der Waals surface area contributed by atoms with E-state index in [1.165, 1.54) is 7.11 Å². The average molecular weight is 553 g/mol. The standard InChI is InChI=1S/C33H36N4O4/c1-6-9-20-14-21-15-26-19(4)24(32(39)36-26)10-8-11-25-22(7-2)29(37-33(25)40)16-27-18(3)23(12-13-31(38)41-5)30(35-27)17-28(20)34-21/h7,14-17,34-35H,2,6,8-13H2,1,3-5H3,(H,37,40)/b21-15-,28-17-,29-16-. The molecule has 3 N–H and O–H groups in total. The Hall–Kier alpha value is -4.46. The second-order valence-electron chi connectivity index (χ2n) is 10.7. The molecule has 0 aromatic carbocycles. The molecule has 2 aromatic heterocycles. The first-order valence-electron chi connectivity index (χ1n) is 14.2. The van der Waals surface area contributed by atoms with Crippen LogP contribution in [0.5, 0.6) is 0 Å². The number of amides is 2. The van der Waals surface area contributed by atoms with Crippen molar-refractivity contribution in [1.82, 2.24) is 15.3 Å². The Morgan fingerprint density at radius 1 is 1.07 bits per heavy atom. The van der Waals surface area contributed by atoms with E-state index in [2.05, 4.69) is 45.9 Å². The Bertz CT molecular complexity index is 1720. The first-order chi connectivity index (χ1) is 19.7. The summed E-state index contributed by atoms with van der Waals surface area (Å²) in [5.74, 6) is -0.635. The van der Waals surface area contributed by atoms with Crippen molar-refractivity contribution >= 4 is 41.7 Å². The van der Waals surface area contributed by atoms with Crippen LogP contribution in [0.1, 0.15) is 74.0 Å². The number of allylic oxidation sites excluding steroid dienone is 2. The average Bonchev–Trinajstić information content (AvgIpc) is 3.63. The van der Waals surface area contributed by atoms with E-state index in [4.69, 9.17) is 4.74 Å². The summed E-state index contributed by atoms with van der Waals surface area (Å²) in [5, 5.41) is 4.84. The monoisotopic (exact) mass is 552 g/mol. The largest absolute Gasteiger partial charge is 0.469 e. The van der Waals surface area contributed by atoms with Crippen molar-refractivity contribution in [3.05, 3.63) is 85.5 Å². The van der Waals surface area contributed by atoms with Gasteiger partial charge >= 0.3 is 5.97 Å². The molecule has 0 spiro atoms. The minimum absolute atomic E-state index is 0.150. The molecule has 3 aliphatic rings. The Labute approximate surface area is 239 Å². The van der Waals surface area contributed by atoms with Gasteiger partial charge in [-0.25, -0.2) is 4.99 Å². The number of hydrogen-bond donors (Lipinski definition) is 3. The number of ether oxygens (including phenoxy) is 1. The topological polar surface area (TPSA) is 116 Å². The number of H-pyrrole nitrogens is 2. The highest BCUT2D eigenvalue weighted by atomic mass is 16.5. The van der Waals surface area contributed by atoms with E-state index in [1.807, 2.05) is 26.0 Å². The molecule has 8 nitrogen and oxygen atoms in total. The van der Waals surface area contributed by atoms with Crippen molar-refractivity contribution in [2.75, 3.05) is 7.11 Å². The van der Waals surface area contributed by atoms with Gasteiger partial charge in [0.2, 0.25) is 0 Å². The Kier molecular flexibility index (Phi) is 7.92. The molecule has 212 valence electrons. The van der Waals surface area contributed by atoms with Gasteiger partial charge in [-0.15, -0.1) is 0 Å². The van der Waals surface area contributed by atoms with Gasteiger partial charge in [0.15, 0.2) is 0 Å². The van der Waals surface area contributed by atoms with E-state index in [0.29, 0.717) is 48.2 Å². The molecule has 8 heteroatoms. The zero-order valence-electron chi connectivity index (χ0n) is 24.1. The molecule has 2 aromatic rings. The molecule has 41 heavy (non-hydrogen) atoms. The van der Waals surface area contributed by atoms with Crippen LogP contribution in [0, 0.1) is 6.92 Å². The predicted molar refractivity (Wildman–Crippen MR) is 160 cm³/mol. The highest BCUT2D eigenvalue weighted by molar-refractivity contribution is 6.30. The van der Waals surface area contributed by atoms with Crippen LogP contribution in [0.15, 0.2) is 51.7 Å². The van der Waals surface area contributed by atoms with Gasteiger partial charge in [0.1, 0.15) is 0 Å². The fourth-order valence-electron chi connectivity index (χ4n) is 5.85. The third-order valence-electron chi connectivity index (χ3n) is 8.11. The summed E-state index contributed by atoms with van der Waals surface area (Å²) in [4.78, 5) is 49.3. The molecule has 5 heterocycles. The minimum atomic E-state index is -0.273. The maximum atomic E-state index is 13.0. The predicted octanol–water partition coefficient (Wildman–Crippen LogP) is 3.75. The van der Waals surface area contributed by atoms with Gasteiger partial charge in [-0.3, -0.25) is 14.4 Å². The van der Waals surface area contributed by atoms with Crippen molar-refractivity contribution in [1.29, 1.82) is 0 Å². The van der Waals surface area contributed by atoms with E-state index < -0.39 is 0 Å². The first kappa shape index (κ1) is 28.1. The lowest BCUT2D eigenvalue weighted by Gasteiger charge is -2.04. The molecule has 2 amide bonds. The number of methoxy groups -OCH3 is 1. The third-order valence-corrected chi connectivity index (χ3v) is 8.11. The lowest BCUT2D eigenvalue weighted by molar-refractivity contribution is -0.140. The van der Waals surface area contributed by atoms with E-state index in [1.54, 1.807) is 6.08 Å². The van der Waals surface area contributed by atoms with Crippen LogP contribution < -0.4 is 16.0 Å². The van der Waals surface area contributed by atoms with Crippen molar-refractivity contribution in [2.45, 2.75) is 65.7 Å². The lowest BCUT2D eigenvalue weighted by Crippen LogP contribution is -2.16. The molecule has 0 atom stereocenters. The van der Waals surface area contributed by atoms with Crippen LogP contribution >= 0.6 is 0 Å². The van der Waals surface area contributed by atoms with Crippen molar-refractivity contribution < 1.29 is 19.1 Å². The molecule has 0 saturated carbocycles. The number of nitrogens with one attached hydrogen (secondary N) is 3. The molecule has 8 bridgehead atoms. The second kappa shape index (κ2) is 11.6. The molecule has 0 unspecified atom stereocenters. The number of aliphatic imine (C=N–C) groups is 1. The SMILES string of the molecule is C=CC1=C2CCCC3=C(C)C(=NC3=O)/C=c3/cc(CCC)/c([nH]3)=C/c3[nH]c(c(C)c3CCC(=O)OC)/C=C/1NC2=O. The number of aryl methyl sites for hydroxylation is 1. The summed E-state index contributed by atoms with van der Waals surface area (Å²) in [7, 11) is 1.39. The maximum Gasteiger partial charge on any atom is 0.305 e. The zero-order valence-corrected chi connectivity index (χ0v) is 24.1.